The molecule has 1 heterocycles. The number of hydrogen-bond donors (Lipinski definition) is 1. The third kappa shape index (κ3) is 1.34. The first kappa shape index (κ1) is 6.38. The number of thiazole rings is 1. The molecule has 3 nitrogen and oxygen atoms in total. The van der Waals surface area contributed by atoms with Crippen molar-refractivity contribution in [3.63, 3.8) is 0 Å². The van der Waals surface area contributed by atoms with Gasteiger partial charge in [-0.15, -0.1) is 11.3 Å². The first-order valence-electron chi connectivity index (χ1n) is 2.37. The first-order chi connectivity index (χ1) is 4.34. The van der Waals surface area contributed by atoms with Gasteiger partial charge in [0.25, 0.3) is 0 Å². The van der Waals surface area contributed by atoms with Gasteiger partial charge in [-0.2, -0.15) is 0 Å². The Hall–Kier alpha value is -0.740. The van der Waals surface area contributed by atoms with Crippen LogP contribution in [-0.2, 0) is 4.79 Å². The molecule has 9 heavy (non-hydrogen) atoms. The van der Waals surface area contributed by atoms with Crippen LogP contribution in [0.5, 0.6) is 0 Å². The molecule has 1 aromatic heterocycles. The van der Waals surface area contributed by atoms with E-state index in [0.717, 1.165) is 0 Å². The smallest absolute Gasteiger partial charge is 0.224 e. The highest BCUT2D eigenvalue weighted by molar-refractivity contribution is 7.09. The van der Waals surface area contributed by atoms with E-state index in [1.807, 2.05) is 0 Å². The highest BCUT2D eigenvalue weighted by Gasteiger charge is 2.05. The second-order valence-corrected chi connectivity index (χ2v) is 2.39. The SMILES string of the molecule is NC([C]=O)c1nccs1. The second kappa shape index (κ2) is 2.70. The van der Waals surface area contributed by atoms with E-state index < -0.39 is 6.04 Å². The lowest BCUT2D eigenvalue weighted by molar-refractivity contribution is 0.544. The fourth-order valence-corrected chi connectivity index (χ4v) is 1.02. The molecule has 0 aromatic carbocycles. The van der Waals surface area contributed by atoms with E-state index in [0.29, 0.717) is 5.01 Å². The van der Waals surface area contributed by atoms with Crippen LogP contribution in [0.4, 0.5) is 0 Å². The van der Waals surface area contributed by atoms with Gasteiger partial charge in [0.2, 0.25) is 6.29 Å². The molecule has 1 aromatic rings. The summed E-state index contributed by atoms with van der Waals surface area (Å²) in [5, 5.41) is 2.39. The van der Waals surface area contributed by atoms with Gasteiger partial charge in [0.05, 0.1) is 0 Å². The van der Waals surface area contributed by atoms with Crippen LogP contribution in [0.1, 0.15) is 11.0 Å². The zero-order valence-corrected chi connectivity index (χ0v) is 5.39. The van der Waals surface area contributed by atoms with Gasteiger partial charge >= 0.3 is 0 Å². The lowest BCUT2D eigenvalue weighted by atomic mass is 10.4. The predicted octanol–water partition coefficient (Wildman–Crippen LogP) is 0.253. The second-order valence-electron chi connectivity index (χ2n) is 1.47. The molecule has 0 saturated heterocycles. The van der Waals surface area contributed by atoms with Gasteiger partial charge in [0, 0.05) is 11.6 Å². The Morgan fingerprint density at radius 2 is 2.67 bits per heavy atom. The van der Waals surface area contributed by atoms with Gasteiger partial charge in [0.1, 0.15) is 11.0 Å². The van der Waals surface area contributed by atoms with Gasteiger partial charge in [-0.1, -0.05) is 0 Å². The van der Waals surface area contributed by atoms with Crippen LogP contribution < -0.4 is 5.73 Å². The molecule has 0 aliphatic rings. The third-order valence-corrected chi connectivity index (χ3v) is 1.70. The molecule has 4 heteroatoms. The topological polar surface area (TPSA) is 56.0 Å². The van der Waals surface area contributed by atoms with Crippen molar-refractivity contribution in [3.8, 4) is 0 Å². The third-order valence-electron chi connectivity index (χ3n) is 0.844. The maximum absolute atomic E-state index is 9.92. The summed E-state index contributed by atoms with van der Waals surface area (Å²) in [7, 11) is 0. The standard InChI is InChI=1S/C5H5N2OS/c6-4(3-8)5-7-1-2-9-5/h1-2,4H,6H2. The van der Waals surface area contributed by atoms with Gasteiger partial charge in [0.15, 0.2) is 0 Å². The molecule has 1 rings (SSSR count). The van der Waals surface area contributed by atoms with Crippen molar-refractivity contribution >= 4 is 17.6 Å². The number of aromatic nitrogens is 1. The molecule has 0 fully saturated rings. The van der Waals surface area contributed by atoms with Gasteiger partial charge < -0.3 is 5.73 Å². The van der Waals surface area contributed by atoms with Crippen LogP contribution in [0.3, 0.4) is 0 Å². The van der Waals surface area contributed by atoms with Gasteiger partial charge in [-0.25, -0.2) is 4.98 Å². The Balaban J connectivity index is 2.76. The molecule has 0 spiro atoms. The van der Waals surface area contributed by atoms with Crippen LogP contribution in [-0.4, -0.2) is 11.3 Å². The number of nitrogens with two attached hydrogens (primary N) is 1. The Kier molecular flexibility index (Phi) is 1.92. The van der Waals surface area contributed by atoms with Crippen LogP contribution in [0, 0.1) is 0 Å². The van der Waals surface area contributed by atoms with E-state index in [2.05, 4.69) is 4.98 Å². The van der Waals surface area contributed by atoms with E-state index >= 15 is 0 Å². The molecule has 1 atom stereocenters. The molecule has 1 unspecified atom stereocenters. The van der Waals surface area contributed by atoms with Crippen molar-refractivity contribution in [2.45, 2.75) is 6.04 Å². The summed E-state index contributed by atoms with van der Waals surface area (Å²) in [6, 6.07) is -0.662. The predicted molar refractivity (Wildman–Crippen MR) is 34.7 cm³/mol. The van der Waals surface area contributed by atoms with Crippen molar-refractivity contribution in [1.29, 1.82) is 0 Å². The molecular formula is C5H5N2OS. The van der Waals surface area contributed by atoms with Crippen molar-refractivity contribution in [2.75, 3.05) is 0 Å². The molecule has 2 N–H and O–H groups in total. The summed E-state index contributed by atoms with van der Waals surface area (Å²) in [5.74, 6) is 0. The number of hydrogen-bond acceptors (Lipinski definition) is 4. The van der Waals surface area contributed by atoms with Crippen LogP contribution in [0.2, 0.25) is 0 Å². The molecule has 47 valence electrons. The summed E-state index contributed by atoms with van der Waals surface area (Å²) in [6.45, 7) is 0. The maximum atomic E-state index is 9.92. The first-order valence-corrected chi connectivity index (χ1v) is 3.25. The highest BCUT2D eigenvalue weighted by Crippen LogP contribution is 2.09. The van der Waals surface area contributed by atoms with Crippen molar-refractivity contribution in [3.05, 3.63) is 16.6 Å². The van der Waals surface area contributed by atoms with E-state index in [9.17, 15) is 4.79 Å². The fourth-order valence-electron chi connectivity index (χ4n) is 0.438. The minimum atomic E-state index is -0.662. The summed E-state index contributed by atoms with van der Waals surface area (Å²) in [5.41, 5.74) is 5.26. The summed E-state index contributed by atoms with van der Waals surface area (Å²) >= 11 is 1.36. The summed E-state index contributed by atoms with van der Waals surface area (Å²) in [6.07, 6.45) is 3.25. The molecule has 0 amide bonds. The average Bonchev–Trinajstić information content (AvgIpc) is 2.37. The molecule has 1 radical (unpaired) electrons. The van der Waals surface area contributed by atoms with E-state index in [1.54, 1.807) is 17.9 Å². The minimum Gasteiger partial charge on any atom is -0.315 e. The Bertz CT molecular complexity index is 185. The lowest BCUT2D eigenvalue weighted by Crippen LogP contribution is -2.10. The number of rotatable bonds is 2. The van der Waals surface area contributed by atoms with E-state index in [4.69, 9.17) is 5.73 Å². The Labute approximate surface area is 56.5 Å². The Morgan fingerprint density at radius 3 is 3.11 bits per heavy atom. The monoisotopic (exact) mass is 141 g/mol. The van der Waals surface area contributed by atoms with Crippen LogP contribution in [0.15, 0.2) is 11.6 Å². The fraction of sp³-hybridized carbons (Fsp3) is 0.200. The zero-order valence-electron chi connectivity index (χ0n) is 4.57. The molecule has 0 aliphatic carbocycles. The quantitative estimate of drug-likeness (QED) is 0.642. The lowest BCUT2D eigenvalue weighted by Gasteiger charge is -1.92. The molecule has 0 saturated carbocycles. The number of nitrogens with zero attached hydrogens (tertiary/aromatic N) is 1. The van der Waals surface area contributed by atoms with Crippen molar-refractivity contribution < 1.29 is 4.79 Å². The molecule has 0 aliphatic heterocycles. The zero-order chi connectivity index (χ0) is 6.69. The van der Waals surface area contributed by atoms with Crippen LogP contribution in [0.25, 0.3) is 0 Å². The summed E-state index contributed by atoms with van der Waals surface area (Å²) in [4.78, 5) is 13.7. The van der Waals surface area contributed by atoms with E-state index in [1.165, 1.54) is 11.3 Å². The minimum absolute atomic E-state index is 0.616. The maximum Gasteiger partial charge on any atom is 0.224 e. The number of carbonyl (C=O) groups excluding carboxylic acids is 1. The highest BCUT2D eigenvalue weighted by atomic mass is 32.1. The molecular weight excluding hydrogens is 136 g/mol. The molecule has 0 bridgehead atoms. The van der Waals surface area contributed by atoms with Gasteiger partial charge in [-0.3, -0.25) is 4.79 Å². The van der Waals surface area contributed by atoms with E-state index in [-0.39, 0.29) is 0 Å². The average molecular weight is 141 g/mol. The summed E-state index contributed by atoms with van der Waals surface area (Å²) < 4.78 is 0. The van der Waals surface area contributed by atoms with Crippen molar-refractivity contribution in [1.82, 2.24) is 4.98 Å². The van der Waals surface area contributed by atoms with Crippen LogP contribution >= 0.6 is 11.3 Å². The van der Waals surface area contributed by atoms with Crippen molar-refractivity contribution in [2.24, 2.45) is 5.73 Å². The Morgan fingerprint density at radius 1 is 1.89 bits per heavy atom. The largest absolute Gasteiger partial charge is 0.315 e. The van der Waals surface area contributed by atoms with Gasteiger partial charge in [-0.05, 0) is 0 Å². The normalized spacial score (nSPS) is 13.0.